The van der Waals surface area contributed by atoms with Gasteiger partial charge in [0.15, 0.2) is 0 Å². The lowest BCUT2D eigenvalue weighted by atomic mass is 10.1. The minimum atomic E-state index is -0.849. The van der Waals surface area contributed by atoms with Crippen LogP contribution in [0.3, 0.4) is 0 Å². The zero-order valence-corrected chi connectivity index (χ0v) is 9.75. The summed E-state index contributed by atoms with van der Waals surface area (Å²) in [6.45, 7) is 6.18. The summed E-state index contributed by atoms with van der Waals surface area (Å²) in [5.41, 5.74) is 0. The summed E-state index contributed by atoms with van der Waals surface area (Å²) in [6.07, 6.45) is 1.72. The van der Waals surface area contributed by atoms with Gasteiger partial charge in [0.2, 0.25) is 5.91 Å². The summed E-state index contributed by atoms with van der Waals surface area (Å²) in [4.78, 5) is 21.5. The highest BCUT2D eigenvalue weighted by atomic mass is 16.4. The highest BCUT2D eigenvalue weighted by Crippen LogP contribution is 2.04. The van der Waals surface area contributed by atoms with Crippen molar-refractivity contribution in [2.45, 2.75) is 52.5 Å². The third kappa shape index (κ3) is 9.25. The van der Waals surface area contributed by atoms with Crippen LogP contribution >= 0.6 is 0 Å². The molecule has 0 heterocycles. The first-order chi connectivity index (χ1) is 6.91. The molecule has 0 aromatic carbocycles. The van der Waals surface area contributed by atoms with Gasteiger partial charge < -0.3 is 10.4 Å². The molecule has 0 bridgehead atoms. The van der Waals surface area contributed by atoms with Crippen LogP contribution in [0.2, 0.25) is 0 Å². The third-order valence-electron chi connectivity index (χ3n) is 2.03. The number of carbonyl (C=O) groups is 2. The van der Waals surface area contributed by atoms with Gasteiger partial charge in [0, 0.05) is 18.9 Å². The minimum absolute atomic E-state index is 0.0515. The zero-order chi connectivity index (χ0) is 11.8. The lowest BCUT2D eigenvalue weighted by Crippen LogP contribution is -2.33. The van der Waals surface area contributed by atoms with Crippen LogP contribution in [0.25, 0.3) is 0 Å². The molecule has 1 amide bonds. The van der Waals surface area contributed by atoms with E-state index in [-0.39, 0.29) is 18.4 Å². The number of hydrogen-bond donors (Lipinski definition) is 2. The first-order valence-electron chi connectivity index (χ1n) is 5.43. The Morgan fingerprint density at radius 2 is 1.80 bits per heavy atom. The molecule has 15 heavy (non-hydrogen) atoms. The Kier molecular flexibility index (Phi) is 6.75. The van der Waals surface area contributed by atoms with E-state index in [1.54, 1.807) is 0 Å². The molecule has 2 N–H and O–H groups in total. The highest BCUT2D eigenvalue weighted by molar-refractivity contribution is 5.76. The average Bonchev–Trinajstić information content (AvgIpc) is 2.00. The van der Waals surface area contributed by atoms with Crippen LogP contribution in [0.4, 0.5) is 0 Å². The second-order valence-corrected chi connectivity index (χ2v) is 4.35. The molecule has 0 aliphatic rings. The largest absolute Gasteiger partial charge is 0.481 e. The Balaban J connectivity index is 3.60. The molecule has 0 fully saturated rings. The van der Waals surface area contributed by atoms with Crippen molar-refractivity contribution in [1.29, 1.82) is 0 Å². The van der Waals surface area contributed by atoms with Crippen molar-refractivity contribution in [1.82, 2.24) is 5.32 Å². The van der Waals surface area contributed by atoms with Gasteiger partial charge >= 0.3 is 5.97 Å². The van der Waals surface area contributed by atoms with Gasteiger partial charge in [-0.25, -0.2) is 0 Å². The monoisotopic (exact) mass is 215 g/mol. The number of amides is 1. The molecule has 0 aromatic heterocycles. The lowest BCUT2D eigenvalue weighted by molar-refractivity contribution is -0.137. The molecule has 0 radical (unpaired) electrons. The van der Waals surface area contributed by atoms with Crippen LogP contribution < -0.4 is 5.32 Å². The fraction of sp³-hybridized carbons (Fsp3) is 0.818. The van der Waals surface area contributed by atoms with Crippen LogP contribution in [0, 0.1) is 5.92 Å². The molecule has 0 aliphatic heterocycles. The topological polar surface area (TPSA) is 66.4 Å². The number of rotatable bonds is 7. The number of carboxylic acid groups (broad SMARTS) is 1. The van der Waals surface area contributed by atoms with Crippen molar-refractivity contribution in [2.75, 3.05) is 0 Å². The van der Waals surface area contributed by atoms with Gasteiger partial charge in [-0.05, 0) is 25.7 Å². The van der Waals surface area contributed by atoms with Crippen molar-refractivity contribution >= 4 is 11.9 Å². The van der Waals surface area contributed by atoms with E-state index in [9.17, 15) is 9.59 Å². The van der Waals surface area contributed by atoms with E-state index >= 15 is 0 Å². The van der Waals surface area contributed by atoms with E-state index in [4.69, 9.17) is 5.11 Å². The SMILES string of the molecule is CC(C)CC(C)NC(=O)CCCC(=O)O. The van der Waals surface area contributed by atoms with Gasteiger partial charge in [-0.2, -0.15) is 0 Å². The van der Waals surface area contributed by atoms with E-state index in [0.717, 1.165) is 6.42 Å². The predicted molar refractivity (Wildman–Crippen MR) is 58.5 cm³/mol. The first-order valence-corrected chi connectivity index (χ1v) is 5.43. The van der Waals surface area contributed by atoms with Gasteiger partial charge in [0.05, 0.1) is 0 Å². The molecular weight excluding hydrogens is 194 g/mol. The summed E-state index contributed by atoms with van der Waals surface area (Å²) in [5, 5.41) is 11.2. The molecule has 0 saturated carbocycles. The smallest absolute Gasteiger partial charge is 0.303 e. The van der Waals surface area contributed by atoms with Crippen LogP contribution in [0.15, 0.2) is 0 Å². The van der Waals surface area contributed by atoms with Gasteiger partial charge in [0.1, 0.15) is 0 Å². The molecule has 88 valence electrons. The number of aliphatic carboxylic acids is 1. The summed E-state index contributed by atoms with van der Waals surface area (Å²) in [7, 11) is 0. The number of carbonyl (C=O) groups excluding carboxylic acids is 1. The molecular formula is C11H21NO3. The quantitative estimate of drug-likeness (QED) is 0.680. The average molecular weight is 215 g/mol. The summed E-state index contributed by atoms with van der Waals surface area (Å²) in [6, 6.07) is 0.169. The maximum absolute atomic E-state index is 11.3. The van der Waals surface area contributed by atoms with E-state index in [1.165, 1.54) is 0 Å². The van der Waals surface area contributed by atoms with Crippen LogP contribution in [0.5, 0.6) is 0 Å². The second-order valence-electron chi connectivity index (χ2n) is 4.35. The molecule has 4 heteroatoms. The van der Waals surface area contributed by atoms with Crippen LogP contribution in [0.1, 0.15) is 46.5 Å². The van der Waals surface area contributed by atoms with E-state index in [2.05, 4.69) is 19.2 Å². The fourth-order valence-electron chi connectivity index (χ4n) is 1.51. The zero-order valence-electron chi connectivity index (χ0n) is 9.75. The standard InChI is InChI=1S/C11H21NO3/c1-8(2)7-9(3)12-10(13)5-4-6-11(14)15/h8-9H,4-7H2,1-3H3,(H,12,13)(H,14,15). The molecule has 0 saturated heterocycles. The Labute approximate surface area is 91.1 Å². The summed E-state index contributed by atoms with van der Waals surface area (Å²) < 4.78 is 0. The first kappa shape index (κ1) is 13.9. The Morgan fingerprint density at radius 3 is 2.27 bits per heavy atom. The van der Waals surface area contributed by atoms with E-state index in [0.29, 0.717) is 18.8 Å². The lowest BCUT2D eigenvalue weighted by Gasteiger charge is -2.15. The number of hydrogen-bond acceptors (Lipinski definition) is 2. The molecule has 0 aromatic rings. The normalized spacial score (nSPS) is 12.5. The Hall–Kier alpha value is -1.06. The molecule has 0 spiro atoms. The highest BCUT2D eigenvalue weighted by Gasteiger charge is 2.09. The van der Waals surface area contributed by atoms with Crippen LogP contribution in [-0.4, -0.2) is 23.0 Å². The number of carboxylic acids is 1. The molecule has 4 nitrogen and oxygen atoms in total. The maximum Gasteiger partial charge on any atom is 0.303 e. The second kappa shape index (κ2) is 7.26. The Bertz CT molecular complexity index is 214. The van der Waals surface area contributed by atoms with Crippen LogP contribution in [-0.2, 0) is 9.59 Å². The maximum atomic E-state index is 11.3. The summed E-state index contributed by atoms with van der Waals surface area (Å²) in [5.74, 6) is -0.346. The van der Waals surface area contributed by atoms with E-state index < -0.39 is 5.97 Å². The molecule has 0 rings (SSSR count). The predicted octanol–water partition coefficient (Wildman–Crippen LogP) is 1.79. The Morgan fingerprint density at radius 1 is 1.20 bits per heavy atom. The van der Waals surface area contributed by atoms with Crippen molar-refractivity contribution < 1.29 is 14.7 Å². The van der Waals surface area contributed by atoms with Crippen molar-refractivity contribution in [3.05, 3.63) is 0 Å². The van der Waals surface area contributed by atoms with Gasteiger partial charge in [-0.1, -0.05) is 13.8 Å². The third-order valence-corrected chi connectivity index (χ3v) is 2.03. The van der Waals surface area contributed by atoms with Gasteiger partial charge in [-0.3, -0.25) is 9.59 Å². The van der Waals surface area contributed by atoms with E-state index in [1.807, 2.05) is 6.92 Å². The molecule has 1 atom stereocenters. The molecule has 0 aliphatic carbocycles. The van der Waals surface area contributed by atoms with Gasteiger partial charge in [0.25, 0.3) is 0 Å². The van der Waals surface area contributed by atoms with Crippen molar-refractivity contribution in [3.63, 3.8) is 0 Å². The van der Waals surface area contributed by atoms with Crippen molar-refractivity contribution in [2.24, 2.45) is 5.92 Å². The fourth-order valence-corrected chi connectivity index (χ4v) is 1.51. The summed E-state index contributed by atoms with van der Waals surface area (Å²) >= 11 is 0. The van der Waals surface area contributed by atoms with Gasteiger partial charge in [-0.15, -0.1) is 0 Å². The van der Waals surface area contributed by atoms with Crippen molar-refractivity contribution in [3.8, 4) is 0 Å². The minimum Gasteiger partial charge on any atom is -0.481 e. The number of nitrogens with one attached hydrogen (secondary N) is 1. The molecule has 1 unspecified atom stereocenters.